The van der Waals surface area contributed by atoms with Crippen LogP contribution >= 0.6 is 0 Å². The molecule has 2 aliphatic heterocycles. The highest BCUT2D eigenvalue weighted by molar-refractivity contribution is 5.70. The van der Waals surface area contributed by atoms with Crippen LogP contribution in [0.2, 0.25) is 0 Å². The standard InChI is InChI=1S/C57H106O15/c1-3-5-7-9-11-13-15-17-19-20-21-22-23-24-26-27-29-31-33-35-37-39-48(59)67-42-45(70-49(60)40-38-36-34-32-30-28-25-18-16-14-12-10-8-6-4-2)43-68-56-55(66)53(64)51(62)47(72-56)44-69-57-54(65)52(63)50(61)46(41-58)71-57/h4,45-47,50-58,61-66H,2-3,5-44H2,1H3/t45-,46+,47+,50-,51-,52?,53?,54?,55?,56+,57+/m0/s1. The van der Waals surface area contributed by atoms with Crippen LogP contribution in [-0.4, -0.2) is 142 Å². The first-order valence-electron chi connectivity index (χ1n) is 29.2. The first-order valence-corrected chi connectivity index (χ1v) is 29.2. The van der Waals surface area contributed by atoms with E-state index in [1.807, 2.05) is 6.08 Å². The molecule has 2 fully saturated rings. The Labute approximate surface area is 435 Å². The van der Waals surface area contributed by atoms with Gasteiger partial charge in [0.05, 0.1) is 19.8 Å². The number of carbonyl (C=O) groups is 2. The van der Waals surface area contributed by atoms with E-state index in [1.54, 1.807) is 0 Å². The Morgan fingerprint density at radius 2 is 0.819 bits per heavy atom. The zero-order chi connectivity index (χ0) is 52.4. The number of aliphatic hydroxyl groups excluding tert-OH is 7. The van der Waals surface area contributed by atoms with Crippen molar-refractivity contribution in [1.29, 1.82) is 0 Å². The van der Waals surface area contributed by atoms with Crippen molar-refractivity contribution in [3.8, 4) is 0 Å². The average Bonchev–Trinajstić information content (AvgIpc) is 3.37. The van der Waals surface area contributed by atoms with Crippen LogP contribution in [0.3, 0.4) is 0 Å². The number of carbonyl (C=O) groups excluding carboxylic acids is 2. The zero-order valence-electron chi connectivity index (χ0n) is 45.0. The Hall–Kier alpha value is -1.76. The fourth-order valence-corrected chi connectivity index (χ4v) is 9.61. The van der Waals surface area contributed by atoms with E-state index < -0.39 is 92.7 Å². The summed E-state index contributed by atoms with van der Waals surface area (Å²) in [4.78, 5) is 25.9. The molecular weight excluding hydrogens is 925 g/mol. The SMILES string of the molecule is C=CCCCCCCCCCCCCCCCC(=O)O[C@@H](COC(=O)CCCCCCCCCCCCCCCCCCCCCCC)CO[C@@H]1O[C@H](CO[C@@H]2O[C@H](CO)[C@H](O)C(O)C2O)[C@H](O)C(O)C1O. The second-order valence-electron chi connectivity index (χ2n) is 20.9. The lowest BCUT2D eigenvalue weighted by molar-refractivity contribution is -0.332. The summed E-state index contributed by atoms with van der Waals surface area (Å²) in [6.45, 7) is 4.18. The minimum absolute atomic E-state index is 0.168. The summed E-state index contributed by atoms with van der Waals surface area (Å²) in [5.41, 5.74) is 0. The highest BCUT2D eigenvalue weighted by Gasteiger charge is 2.47. The Balaban J connectivity index is 1.72. The van der Waals surface area contributed by atoms with E-state index in [-0.39, 0.29) is 26.1 Å². The molecule has 2 saturated heterocycles. The van der Waals surface area contributed by atoms with Gasteiger partial charge >= 0.3 is 11.9 Å². The third kappa shape index (κ3) is 31.3. The van der Waals surface area contributed by atoms with E-state index in [0.29, 0.717) is 12.8 Å². The van der Waals surface area contributed by atoms with Crippen molar-refractivity contribution in [3.63, 3.8) is 0 Å². The Bertz CT molecular complexity index is 1290. The molecule has 72 heavy (non-hydrogen) atoms. The van der Waals surface area contributed by atoms with E-state index in [1.165, 1.54) is 167 Å². The number of aliphatic hydroxyl groups is 7. The van der Waals surface area contributed by atoms with Gasteiger partial charge in [-0.1, -0.05) is 212 Å². The highest BCUT2D eigenvalue weighted by Crippen LogP contribution is 2.27. The lowest BCUT2D eigenvalue weighted by Gasteiger charge is -2.42. The number of ether oxygens (including phenoxy) is 6. The second-order valence-corrected chi connectivity index (χ2v) is 20.9. The summed E-state index contributed by atoms with van der Waals surface area (Å²) in [6, 6.07) is 0. The molecule has 2 aliphatic rings. The molecule has 0 aromatic rings. The lowest BCUT2D eigenvalue weighted by Crippen LogP contribution is -2.61. The van der Waals surface area contributed by atoms with Crippen molar-refractivity contribution in [2.24, 2.45) is 0 Å². The van der Waals surface area contributed by atoms with Crippen LogP contribution in [-0.2, 0) is 38.0 Å². The minimum Gasteiger partial charge on any atom is -0.462 e. The average molecular weight is 1030 g/mol. The van der Waals surface area contributed by atoms with E-state index in [0.717, 1.165) is 44.9 Å². The summed E-state index contributed by atoms with van der Waals surface area (Å²) >= 11 is 0. The summed E-state index contributed by atoms with van der Waals surface area (Å²) in [7, 11) is 0. The van der Waals surface area contributed by atoms with E-state index in [2.05, 4.69) is 13.5 Å². The quantitative estimate of drug-likeness (QED) is 0.0171. The Morgan fingerprint density at radius 1 is 0.458 bits per heavy atom. The fraction of sp³-hybridized carbons (Fsp3) is 0.930. The molecule has 0 radical (unpaired) electrons. The fourth-order valence-electron chi connectivity index (χ4n) is 9.61. The third-order valence-electron chi connectivity index (χ3n) is 14.4. The van der Waals surface area contributed by atoms with Crippen LogP contribution < -0.4 is 0 Å². The molecule has 4 unspecified atom stereocenters. The molecule has 0 aromatic carbocycles. The van der Waals surface area contributed by atoms with Crippen molar-refractivity contribution in [3.05, 3.63) is 12.7 Å². The highest BCUT2D eigenvalue weighted by atomic mass is 16.7. The van der Waals surface area contributed by atoms with E-state index in [9.17, 15) is 45.3 Å². The molecule has 2 rings (SSSR count). The van der Waals surface area contributed by atoms with Gasteiger partial charge in [0.2, 0.25) is 0 Å². The summed E-state index contributed by atoms with van der Waals surface area (Å²) in [5, 5.41) is 72.2. The van der Waals surface area contributed by atoms with Crippen LogP contribution in [0.5, 0.6) is 0 Å². The molecule has 0 aromatic heterocycles. The topological polar surface area (TPSA) is 231 Å². The molecule has 0 amide bonds. The van der Waals surface area contributed by atoms with Crippen LogP contribution in [0.4, 0.5) is 0 Å². The molecule has 0 spiro atoms. The van der Waals surface area contributed by atoms with Gasteiger partial charge in [0.15, 0.2) is 18.7 Å². The molecule has 15 nitrogen and oxygen atoms in total. The normalized spacial score (nSPS) is 24.8. The van der Waals surface area contributed by atoms with Gasteiger partial charge in [-0.25, -0.2) is 0 Å². The Kier molecular flexibility index (Phi) is 40.9. The minimum atomic E-state index is -1.76. The van der Waals surface area contributed by atoms with Crippen molar-refractivity contribution in [2.45, 2.75) is 312 Å². The summed E-state index contributed by atoms with van der Waals surface area (Å²) in [6.07, 6.45) is 28.4. The molecule has 15 heteroatoms. The monoisotopic (exact) mass is 1030 g/mol. The number of esters is 2. The van der Waals surface area contributed by atoms with Gasteiger partial charge in [-0.3, -0.25) is 9.59 Å². The maximum absolute atomic E-state index is 13.0. The summed E-state index contributed by atoms with van der Waals surface area (Å²) < 4.78 is 33.7. The smallest absolute Gasteiger partial charge is 0.306 e. The largest absolute Gasteiger partial charge is 0.462 e. The van der Waals surface area contributed by atoms with Gasteiger partial charge in [0.25, 0.3) is 0 Å². The number of unbranched alkanes of at least 4 members (excludes halogenated alkanes) is 33. The maximum atomic E-state index is 13.0. The van der Waals surface area contributed by atoms with Crippen molar-refractivity contribution in [1.82, 2.24) is 0 Å². The molecule has 424 valence electrons. The molecule has 0 bridgehead atoms. The van der Waals surface area contributed by atoms with Gasteiger partial charge < -0.3 is 64.2 Å². The van der Waals surface area contributed by atoms with Crippen LogP contribution in [0.25, 0.3) is 0 Å². The number of hydrogen-bond acceptors (Lipinski definition) is 15. The predicted molar refractivity (Wildman–Crippen MR) is 280 cm³/mol. The van der Waals surface area contributed by atoms with Gasteiger partial charge in [0, 0.05) is 12.8 Å². The second kappa shape index (κ2) is 44.4. The molecule has 0 saturated carbocycles. The van der Waals surface area contributed by atoms with Crippen molar-refractivity contribution < 1.29 is 73.8 Å². The lowest BCUT2D eigenvalue weighted by atomic mass is 9.98. The molecule has 0 aliphatic carbocycles. The number of allylic oxidation sites excluding steroid dienone is 1. The molecule has 11 atom stereocenters. The van der Waals surface area contributed by atoms with Crippen LogP contribution in [0, 0.1) is 0 Å². The number of rotatable bonds is 48. The van der Waals surface area contributed by atoms with Gasteiger partial charge in [-0.15, -0.1) is 6.58 Å². The zero-order valence-corrected chi connectivity index (χ0v) is 45.0. The first-order chi connectivity index (χ1) is 35.0. The van der Waals surface area contributed by atoms with Crippen molar-refractivity contribution >= 4 is 11.9 Å². The van der Waals surface area contributed by atoms with Gasteiger partial charge in [0.1, 0.15) is 55.4 Å². The van der Waals surface area contributed by atoms with E-state index >= 15 is 0 Å². The number of hydrogen-bond donors (Lipinski definition) is 7. The summed E-state index contributed by atoms with van der Waals surface area (Å²) in [5.74, 6) is -0.911. The van der Waals surface area contributed by atoms with Crippen LogP contribution in [0.1, 0.15) is 244 Å². The molecular formula is C57H106O15. The van der Waals surface area contributed by atoms with E-state index in [4.69, 9.17) is 28.4 Å². The van der Waals surface area contributed by atoms with Crippen molar-refractivity contribution in [2.75, 3.05) is 26.4 Å². The Morgan fingerprint density at radius 3 is 1.24 bits per heavy atom. The van der Waals surface area contributed by atoms with Gasteiger partial charge in [-0.2, -0.15) is 0 Å². The van der Waals surface area contributed by atoms with Crippen LogP contribution in [0.15, 0.2) is 12.7 Å². The van der Waals surface area contributed by atoms with Gasteiger partial charge in [-0.05, 0) is 25.7 Å². The maximum Gasteiger partial charge on any atom is 0.306 e. The predicted octanol–water partition coefficient (Wildman–Crippen LogP) is 9.72. The third-order valence-corrected chi connectivity index (χ3v) is 14.4. The molecule has 2 heterocycles. The molecule has 7 N–H and O–H groups in total. The first kappa shape index (κ1) is 66.4.